The van der Waals surface area contributed by atoms with Crippen LogP contribution >= 0.6 is 0 Å². The standard InChI is InChI=1S/C20H16N2O4S/c23-27(24)15-7-5-13-25-19-11-3-1-9-17(19)21-22-18-10-2-4-12-20(18)26-14-6-8-16-27/h1-6,9-12,15-16H,13-14H2. The van der Waals surface area contributed by atoms with E-state index in [-0.39, 0.29) is 13.2 Å². The number of hydrogen-bond acceptors (Lipinski definition) is 6. The predicted molar refractivity (Wildman–Crippen MR) is 102 cm³/mol. The molecule has 0 fully saturated rings. The molecule has 2 aromatic rings. The van der Waals surface area contributed by atoms with Crippen LogP contribution in [0.2, 0.25) is 0 Å². The van der Waals surface area contributed by atoms with Gasteiger partial charge in [0.05, 0.1) is 10.8 Å². The highest BCUT2D eigenvalue weighted by molar-refractivity contribution is 7.97. The molecule has 27 heavy (non-hydrogen) atoms. The van der Waals surface area contributed by atoms with Crippen LogP contribution in [-0.4, -0.2) is 21.6 Å². The average Bonchev–Trinajstić information content (AvgIpc) is 2.67. The molecule has 0 aliphatic carbocycles. The van der Waals surface area contributed by atoms with E-state index in [2.05, 4.69) is 21.7 Å². The summed E-state index contributed by atoms with van der Waals surface area (Å²) in [5.41, 5.74) is 6.25. The first-order valence-corrected chi connectivity index (χ1v) is 9.67. The maximum absolute atomic E-state index is 11.8. The summed E-state index contributed by atoms with van der Waals surface area (Å²) in [4.78, 5) is 0. The van der Waals surface area contributed by atoms with Crippen molar-refractivity contribution in [3.8, 4) is 11.5 Å². The summed E-state index contributed by atoms with van der Waals surface area (Å²) in [6.45, 7) is 0.273. The zero-order valence-electron chi connectivity index (χ0n) is 14.3. The Morgan fingerprint density at radius 3 is 1.67 bits per heavy atom. The largest absolute Gasteiger partial charge is 0.487 e. The number of nitrogens with zero attached hydrogens (tertiary/aromatic N) is 2. The van der Waals surface area contributed by atoms with Crippen molar-refractivity contribution in [3.05, 3.63) is 83.0 Å². The Bertz CT molecular complexity index is 995. The fourth-order valence-electron chi connectivity index (χ4n) is 2.11. The van der Waals surface area contributed by atoms with Crippen molar-refractivity contribution in [2.75, 3.05) is 13.2 Å². The highest BCUT2D eigenvalue weighted by atomic mass is 32.2. The van der Waals surface area contributed by atoms with Crippen LogP contribution in [0.25, 0.3) is 0 Å². The zero-order valence-corrected chi connectivity index (χ0v) is 15.1. The SMILES string of the molecule is O=S1(=O)C=C=CCOc2ccccc2N=Nc2ccccc2OCC=C=C1. The van der Waals surface area contributed by atoms with E-state index in [1.165, 1.54) is 12.2 Å². The van der Waals surface area contributed by atoms with E-state index in [1.54, 1.807) is 24.3 Å². The molecule has 6 nitrogen and oxygen atoms in total. The van der Waals surface area contributed by atoms with Crippen LogP contribution in [0.4, 0.5) is 11.4 Å². The first kappa shape index (κ1) is 18.4. The quantitative estimate of drug-likeness (QED) is 0.625. The molecule has 0 N–H and O–H groups in total. The first-order chi connectivity index (χ1) is 13.1. The molecule has 0 aromatic heterocycles. The summed E-state index contributed by atoms with van der Waals surface area (Å²) in [5.74, 6) is 1.04. The molecule has 1 heterocycles. The Kier molecular flexibility index (Phi) is 6.02. The second-order valence-corrected chi connectivity index (χ2v) is 6.97. The number of ether oxygens (including phenoxy) is 2. The fourth-order valence-corrected chi connectivity index (χ4v) is 2.75. The molecule has 0 radical (unpaired) electrons. The van der Waals surface area contributed by atoms with Gasteiger partial charge in [0.2, 0.25) is 9.84 Å². The van der Waals surface area contributed by atoms with Gasteiger partial charge >= 0.3 is 0 Å². The molecule has 0 amide bonds. The van der Waals surface area contributed by atoms with Gasteiger partial charge in [0.15, 0.2) is 0 Å². The normalized spacial score (nSPS) is 15.9. The smallest absolute Gasteiger partial charge is 0.207 e. The minimum Gasteiger partial charge on any atom is -0.487 e. The van der Waals surface area contributed by atoms with Crippen LogP contribution < -0.4 is 9.47 Å². The number of hydrogen-bond donors (Lipinski definition) is 0. The van der Waals surface area contributed by atoms with Crippen molar-refractivity contribution >= 4 is 21.2 Å². The third kappa shape index (κ3) is 5.56. The Hall–Kier alpha value is -3.37. The van der Waals surface area contributed by atoms with Gasteiger partial charge in [-0.15, -0.1) is 21.7 Å². The Morgan fingerprint density at radius 2 is 1.19 bits per heavy atom. The molecule has 2 aromatic carbocycles. The fraction of sp³-hybridized carbons (Fsp3) is 0.100. The van der Waals surface area contributed by atoms with Crippen molar-refractivity contribution in [3.63, 3.8) is 0 Å². The summed E-state index contributed by atoms with van der Waals surface area (Å²) >= 11 is 0. The number of benzene rings is 2. The summed E-state index contributed by atoms with van der Waals surface area (Å²) in [7, 11) is -3.56. The van der Waals surface area contributed by atoms with Crippen LogP contribution in [0, 0.1) is 0 Å². The number of sulfone groups is 1. The molecule has 0 unspecified atom stereocenters. The van der Waals surface area contributed by atoms with E-state index in [0.29, 0.717) is 22.9 Å². The summed E-state index contributed by atoms with van der Waals surface area (Å²) in [6, 6.07) is 14.3. The lowest BCUT2D eigenvalue weighted by Gasteiger charge is -2.07. The molecule has 3 rings (SSSR count). The minimum absolute atomic E-state index is 0.137. The van der Waals surface area contributed by atoms with Crippen molar-refractivity contribution in [2.24, 2.45) is 10.2 Å². The summed E-state index contributed by atoms with van der Waals surface area (Å²) < 4.78 is 34.9. The van der Waals surface area contributed by atoms with Gasteiger partial charge in [-0.05, 0) is 36.4 Å². The lowest BCUT2D eigenvalue weighted by atomic mass is 10.3. The molecule has 0 atom stereocenters. The maximum atomic E-state index is 11.8. The third-order valence-corrected chi connectivity index (χ3v) is 4.27. The molecule has 0 saturated carbocycles. The molecule has 136 valence electrons. The molecule has 1 aliphatic rings. The van der Waals surface area contributed by atoms with Crippen LogP contribution in [0.15, 0.2) is 93.2 Å². The maximum Gasteiger partial charge on any atom is 0.207 e. The van der Waals surface area contributed by atoms with Gasteiger partial charge in [-0.25, -0.2) is 8.42 Å². The van der Waals surface area contributed by atoms with E-state index < -0.39 is 9.84 Å². The third-order valence-electron chi connectivity index (χ3n) is 3.34. The molecule has 0 spiro atoms. The molecule has 0 bridgehead atoms. The van der Waals surface area contributed by atoms with Gasteiger partial charge < -0.3 is 9.47 Å². The number of para-hydroxylation sites is 2. The van der Waals surface area contributed by atoms with Gasteiger partial charge in [0.1, 0.15) is 36.1 Å². The second-order valence-electron chi connectivity index (χ2n) is 5.32. The number of azo groups is 1. The van der Waals surface area contributed by atoms with Crippen LogP contribution in [0.5, 0.6) is 11.5 Å². The van der Waals surface area contributed by atoms with Crippen molar-refractivity contribution in [1.82, 2.24) is 0 Å². The Morgan fingerprint density at radius 1 is 0.741 bits per heavy atom. The zero-order chi connectivity index (χ0) is 19.0. The van der Waals surface area contributed by atoms with Gasteiger partial charge in [0, 0.05) is 0 Å². The molecule has 7 heteroatoms. The van der Waals surface area contributed by atoms with E-state index in [0.717, 1.165) is 10.8 Å². The number of fused-ring (bicyclic) bond motifs is 2. The van der Waals surface area contributed by atoms with Gasteiger partial charge in [0.25, 0.3) is 0 Å². The second kappa shape index (κ2) is 8.83. The molecule has 1 aliphatic heterocycles. The lowest BCUT2D eigenvalue weighted by Crippen LogP contribution is -1.93. The topological polar surface area (TPSA) is 77.3 Å². The van der Waals surface area contributed by atoms with Crippen LogP contribution in [0.3, 0.4) is 0 Å². The van der Waals surface area contributed by atoms with E-state index >= 15 is 0 Å². The monoisotopic (exact) mass is 380 g/mol. The molecule has 0 saturated heterocycles. The predicted octanol–water partition coefficient (Wildman–Crippen LogP) is 4.63. The van der Waals surface area contributed by atoms with Crippen molar-refractivity contribution < 1.29 is 17.9 Å². The number of rotatable bonds is 0. The summed E-state index contributed by atoms with van der Waals surface area (Å²) in [5, 5.41) is 10.4. The van der Waals surface area contributed by atoms with E-state index in [4.69, 9.17) is 9.47 Å². The highest BCUT2D eigenvalue weighted by Crippen LogP contribution is 2.32. The summed E-state index contributed by atoms with van der Waals surface area (Å²) in [6.07, 6.45) is 2.94. The van der Waals surface area contributed by atoms with E-state index in [1.807, 2.05) is 24.3 Å². The average molecular weight is 380 g/mol. The van der Waals surface area contributed by atoms with Crippen molar-refractivity contribution in [2.45, 2.75) is 0 Å². The lowest BCUT2D eigenvalue weighted by molar-refractivity contribution is 0.363. The van der Waals surface area contributed by atoms with Gasteiger partial charge in [-0.1, -0.05) is 24.3 Å². The first-order valence-electron chi connectivity index (χ1n) is 8.06. The van der Waals surface area contributed by atoms with Crippen LogP contribution in [0.1, 0.15) is 0 Å². The highest BCUT2D eigenvalue weighted by Gasteiger charge is 2.04. The van der Waals surface area contributed by atoms with Gasteiger partial charge in [-0.2, -0.15) is 0 Å². The Balaban J connectivity index is 1.99. The van der Waals surface area contributed by atoms with E-state index in [9.17, 15) is 8.42 Å². The van der Waals surface area contributed by atoms with Crippen LogP contribution in [-0.2, 0) is 9.84 Å². The molecular weight excluding hydrogens is 364 g/mol. The Labute approximate surface area is 157 Å². The minimum atomic E-state index is -3.56. The van der Waals surface area contributed by atoms with Crippen molar-refractivity contribution in [1.29, 1.82) is 0 Å². The van der Waals surface area contributed by atoms with Gasteiger partial charge in [-0.3, -0.25) is 0 Å². The molecular formula is C20H16N2O4S.